The first-order valence-corrected chi connectivity index (χ1v) is 8.02. The van der Waals surface area contributed by atoms with Crippen molar-refractivity contribution in [3.05, 3.63) is 30.1 Å². The topological polar surface area (TPSA) is 29.9 Å². The second kappa shape index (κ2) is 5.96. The molecule has 108 valence electrons. The molecule has 1 saturated heterocycles. The number of aromatic nitrogens is 2. The van der Waals surface area contributed by atoms with Gasteiger partial charge in [0.2, 0.25) is 0 Å². The summed E-state index contributed by atoms with van der Waals surface area (Å²) in [4.78, 5) is 4.92. The minimum absolute atomic E-state index is 0.424. The molecular formula is C17H25N3. The molecule has 2 unspecified atom stereocenters. The Morgan fingerprint density at radius 2 is 2.15 bits per heavy atom. The maximum Gasteiger partial charge on any atom is 0.127 e. The van der Waals surface area contributed by atoms with Crippen LogP contribution in [0.3, 0.4) is 0 Å². The van der Waals surface area contributed by atoms with Crippen LogP contribution in [-0.2, 0) is 6.54 Å². The maximum atomic E-state index is 4.92. The van der Waals surface area contributed by atoms with E-state index in [1.54, 1.807) is 0 Å². The number of hydrogen-bond donors (Lipinski definition) is 1. The Balaban J connectivity index is 1.99. The number of imidazole rings is 1. The van der Waals surface area contributed by atoms with E-state index in [9.17, 15) is 0 Å². The van der Waals surface area contributed by atoms with E-state index in [1.165, 1.54) is 30.6 Å². The Kier molecular flexibility index (Phi) is 4.06. The lowest BCUT2D eigenvalue weighted by molar-refractivity contribution is 0.286. The summed E-state index contributed by atoms with van der Waals surface area (Å²) >= 11 is 0. The molecule has 1 aromatic heterocycles. The molecule has 1 N–H and O–H groups in total. The normalized spacial score (nSPS) is 23.3. The smallest absolute Gasteiger partial charge is 0.127 e. The van der Waals surface area contributed by atoms with Crippen LogP contribution >= 0.6 is 0 Å². The second-order valence-electron chi connectivity index (χ2n) is 5.92. The van der Waals surface area contributed by atoms with Crippen LogP contribution in [0.25, 0.3) is 11.0 Å². The van der Waals surface area contributed by atoms with Gasteiger partial charge in [0, 0.05) is 6.54 Å². The van der Waals surface area contributed by atoms with Crippen LogP contribution in [0.4, 0.5) is 0 Å². The summed E-state index contributed by atoms with van der Waals surface area (Å²) in [6, 6.07) is 8.95. The lowest BCUT2D eigenvalue weighted by Gasteiger charge is -2.29. The first-order chi connectivity index (χ1) is 9.83. The number of nitrogens with one attached hydrogen (secondary N) is 1. The third kappa shape index (κ3) is 2.47. The molecule has 3 rings (SSSR count). The minimum Gasteiger partial charge on any atom is -0.327 e. The van der Waals surface area contributed by atoms with Gasteiger partial charge in [-0.3, -0.25) is 0 Å². The monoisotopic (exact) mass is 271 g/mol. The zero-order chi connectivity index (χ0) is 13.9. The lowest BCUT2D eigenvalue weighted by atomic mass is 9.90. The molecule has 0 radical (unpaired) electrons. The molecule has 1 aliphatic rings. The number of piperidine rings is 1. The summed E-state index contributed by atoms with van der Waals surface area (Å²) in [6.45, 7) is 6.73. The fourth-order valence-electron chi connectivity index (χ4n) is 3.38. The number of nitrogens with zero attached hydrogens (tertiary/aromatic N) is 2. The quantitative estimate of drug-likeness (QED) is 0.914. The molecule has 3 heteroatoms. The van der Waals surface area contributed by atoms with Gasteiger partial charge < -0.3 is 9.88 Å². The fourth-order valence-corrected chi connectivity index (χ4v) is 3.38. The molecular weight excluding hydrogens is 246 g/mol. The third-order valence-electron chi connectivity index (χ3n) is 4.53. The van der Waals surface area contributed by atoms with Crippen molar-refractivity contribution in [2.24, 2.45) is 5.92 Å². The molecule has 2 atom stereocenters. The van der Waals surface area contributed by atoms with Crippen LogP contribution in [-0.4, -0.2) is 16.1 Å². The minimum atomic E-state index is 0.424. The zero-order valence-electron chi connectivity index (χ0n) is 12.6. The van der Waals surface area contributed by atoms with Gasteiger partial charge in [0.25, 0.3) is 0 Å². The lowest BCUT2D eigenvalue weighted by Crippen LogP contribution is -2.33. The first-order valence-electron chi connectivity index (χ1n) is 8.02. The Hall–Kier alpha value is -1.35. The summed E-state index contributed by atoms with van der Waals surface area (Å²) < 4.78 is 2.42. The fraction of sp³-hybridized carbons (Fsp3) is 0.588. The van der Waals surface area contributed by atoms with Crippen molar-refractivity contribution < 1.29 is 0 Å². The Morgan fingerprint density at radius 3 is 2.95 bits per heavy atom. The van der Waals surface area contributed by atoms with E-state index in [0.29, 0.717) is 6.04 Å². The summed E-state index contributed by atoms with van der Waals surface area (Å²) in [5, 5.41) is 3.68. The van der Waals surface area contributed by atoms with E-state index in [2.05, 4.69) is 48.0 Å². The highest BCUT2D eigenvalue weighted by molar-refractivity contribution is 5.76. The van der Waals surface area contributed by atoms with Gasteiger partial charge in [-0.1, -0.05) is 32.4 Å². The summed E-state index contributed by atoms with van der Waals surface area (Å²) in [5.41, 5.74) is 2.42. The van der Waals surface area contributed by atoms with Crippen molar-refractivity contribution in [3.8, 4) is 0 Å². The van der Waals surface area contributed by atoms with E-state index in [0.717, 1.165) is 30.9 Å². The van der Waals surface area contributed by atoms with E-state index in [4.69, 9.17) is 4.98 Å². The van der Waals surface area contributed by atoms with Crippen LogP contribution in [0.1, 0.15) is 51.4 Å². The molecule has 1 fully saturated rings. The molecule has 0 saturated carbocycles. The van der Waals surface area contributed by atoms with Crippen molar-refractivity contribution in [1.29, 1.82) is 0 Å². The molecule has 0 bridgehead atoms. The SMILES string of the molecule is CCCn1c(C2CC(CC)CCN2)nc2ccccc21. The summed E-state index contributed by atoms with van der Waals surface area (Å²) in [7, 11) is 0. The van der Waals surface area contributed by atoms with Gasteiger partial charge in [-0.2, -0.15) is 0 Å². The Morgan fingerprint density at radius 1 is 1.30 bits per heavy atom. The van der Waals surface area contributed by atoms with Gasteiger partial charge in [0.05, 0.1) is 17.1 Å². The van der Waals surface area contributed by atoms with Gasteiger partial charge >= 0.3 is 0 Å². The van der Waals surface area contributed by atoms with Crippen LogP contribution < -0.4 is 5.32 Å². The molecule has 0 aliphatic carbocycles. The highest BCUT2D eigenvalue weighted by Crippen LogP contribution is 2.30. The van der Waals surface area contributed by atoms with E-state index in [1.807, 2.05) is 0 Å². The van der Waals surface area contributed by atoms with E-state index < -0.39 is 0 Å². The van der Waals surface area contributed by atoms with Crippen molar-refractivity contribution >= 4 is 11.0 Å². The molecule has 3 nitrogen and oxygen atoms in total. The van der Waals surface area contributed by atoms with Crippen LogP contribution in [0, 0.1) is 5.92 Å². The van der Waals surface area contributed by atoms with Crippen molar-refractivity contribution in [1.82, 2.24) is 14.9 Å². The molecule has 20 heavy (non-hydrogen) atoms. The predicted octanol–water partition coefficient (Wildman–Crippen LogP) is 3.90. The summed E-state index contributed by atoms with van der Waals surface area (Å²) in [5.74, 6) is 2.09. The number of fused-ring (bicyclic) bond motifs is 1. The van der Waals surface area contributed by atoms with Crippen molar-refractivity contribution in [2.45, 2.75) is 52.1 Å². The van der Waals surface area contributed by atoms with Crippen molar-refractivity contribution in [3.63, 3.8) is 0 Å². The second-order valence-corrected chi connectivity index (χ2v) is 5.92. The number of benzene rings is 1. The molecule has 1 aromatic carbocycles. The number of rotatable bonds is 4. The molecule has 2 aromatic rings. The van der Waals surface area contributed by atoms with Crippen molar-refractivity contribution in [2.75, 3.05) is 6.54 Å². The van der Waals surface area contributed by atoms with Crippen LogP contribution in [0.2, 0.25) is 0 Å². The largest absolute Gasteiger partial charge is 0.327 e. The van der Waals surface area contributed by atoms with Crippen LogP contribution in [0.15, 0.2) is 24.3 Å². The number of aryl methyl sites for hydroxylation is 1. The number of para-hydroxylation sites is 2. The van der Waals surface area contributed by atoms with Gasteiger partial charge in [-0.15, -0.1) is 0 Å². The highest BCUT2D eigenvalue weighted by Gasteiger charge is 2.25. The van der Waals surface area contributed by atoms with Gasteiger partial charge in [-0.05, 0) is 43.9 Å². The molecule has 0 amide bonds. The maximum absolute atomic E-state index is 4.92. The van der Waals surface area contributed by atoms with Crippen LogP contribution in [0.5, 0.6) is 0 Å². The number of hydrogen-bond acceptors (Lipinski definition) is 2. The van der Waals surface area contributed by atoms with E-state index in [-0.39, 0.29) is 0 Å². The molecule has 0 spiro atoms. The molecule has 1 aliphatic heterocycles. The third-order valence-corrected chi connectivity index (χ3v) is 4.53. The first kappa shape index (κ1) is 13.6. The predicted molar refractivity (Wildman–Crippen MR) is 83.8 cm³/mol. The standard InChI is InChI=1S/C17H25N3/c1-3-11-20-16-8-6-5-7-14(16)19-17(20)15-12-13(4-2)9-10-18-15/h5-8,13,15,18H,3-4,9-12H2,1-2H3. The summed E-state index contributed by atoms with van der Waals surface area (Å²) in [6.07, 6.45) is 4.97. The van der Waals surface area contributed by atoms with Gasteiger partial charge in [0.15, 0.2) is 0 Å². The van der Waals surface area contributed by atoms with Gasteiger partial charge in [0.1, 0.15) is 5.82 Å². The van der Waals surface area contributed by atoms with Gasteiger partial charge in [-0.25, -0.2) is 4.98 Å². The highest BCUT2D eigenvalue weighted by atomic mass is 15.1. The average molecular weight is 271 g/mol. The Labute approximate surface area is 121 Å². The Bertz CT molecular complexity index is 573. The average Bonchev–Trinajstić information content (AvgIpc) is 2.87. The van der Waals surface area contributed by atoms with E-state index >= 15 is 0 Å². The zero-order valence-corrected chi connectivity index (χ0v) is 12.6. The molecule has 2 heterocycles.